The van der Waals surface area contributed by atoms with Crippen LogP contribution in [0.25, 0.3) is 0 Å². The summed E-state index contributed by atoms with van der Waals surface area (Å²) >= 11 is 0. The molecule has 2 atom stereocenters. The van der Waals surface area contributed by atoms with E-state index in [-0.39, 0.29) is 17.7 Å². The fourth-order valence-electron chi connectivity index (χ4n) is 2.60. The zero-order valence-electron chi connectivity index (χ0n) is 14.8. The van der Waals surface area contributed by atoms with Crippen LogP contribution in [-0.4, -0.2) is 41.8 Å². The van der Waals surface area contributed by atoms with E-state index in [1.165, 1.54) is 11.8 Å². The van der Waals surface area contributed by atoms with E-state index in [0.29, 0.717) is 12.8 Å². The molecule has 1 rings (SSSR count). The molecule has 0 heterocycles. The highest BCUT2D eigenvalue weighted by Gasteiger charge is 2.31. The number of nitrogens with zero attached hydrogens (tertiary/aromatic N) is 1. The van der Waals surface area contributed by atoms with Crippen molar-refractivity contribution < 1.29 is 14.4 Å². The molecule has 6 nitrogen and oxygen atoms in total. The summed E-state index contributed by atoms with van der Waals surface area (Å²) in [5.74, 6) is -0.930. The molecule has 0 spiro atoms. The molecule has 3 amide bonds. The van der Waals surface area contributed by atoms with Crippen molar-refractivity contribution in [2.45, 2.75) is 45.7 Å². The van der Waals surface area contributed by atoms with E-state index >= 15 is 0 Å². The lowest BCUT2D eigenvalue weighted by atomic mass is 10.00. The third kappa shape index (κ3) is 6.02. The molecule has 1 aromatic rings. The van der Waals surface area contributed by atoms with Gasteiger partial charge in [-0.05, 0) is 17.9 Å². The van der Waals surface area contributed by atoms with Crippen LogP contribution in [-0.2, 0) is 20.8 Å². The lowest BCUT2D eigenvalue weighted by molar-refractivity contribution is -0.141. The fraction of sp³-hybridized carbons (Fsp3) is 0.500. The van der Waals surface area contributed by atoms with E-state index in [0.717, 1.165) is 5.56 Å². The van der Waals surface area contributed by atoms with Crippen LogP contribution in [0.1, 0.15) is 32.8 Å². The Balaban J connectivity index is 2.94. The highest BCUT2D eigenvalue weighted by atomic mass is 16.2. The average molecular weight is 333 g/mol. The normalized spacial score (nSPS) is 13.2. The number of rotatable bonds is 8. The molecule has 0 bridgehead atoms. The predicted molar refractivity (Wildman–Crippen MR) is 93.0 cm³/mol. The van der Waals surface area contributed by atoms with Gasteiger partial charge in [0.05, 0.1) is 0 Å². The number of nitrogens with one attached hydrogen (secondary N) is 1. The minimum Gasteiger partial charge on any atom is -0.368 e. The second kappa shape index (κ2) is 9.05. The first-order valence-electron chi connectivity index (χ1n) is 8.09. The van der Waals surface area contributed by atoms with Crippen LogP contribution < -0.4 is 11.1 Å². The first-order valence-corrected chi connectivity index (χ1v) is 8.09. The molecule has 3 N–H and O–H groups in total. The van der Waals surface area contributed by atoms with Crippen molar-refractivity contribution in [3.8, 4) is 0 Å². The Hall–Kier alpha value is -2.37. The summed E-state index contributed by atoms with van der Waals surface area (Å²) in [6, 6.07) is 7.96. The molecule has 132 valence electrons. The summed E-state index contributed by atoms with van der Waals surface area (Å²) in [7, 11) is 1.55. The maximum atomic E-state index is 12.8. The van der Waals surface area contributed by atoms with E-state index in [1.807, 2.05) is 44.2 Å². The Kier molecular flexibility index (Phi) is 7.42. The molecule has 0 saturated heterocycles. The van der Waals surface area contributed by atoms with Crippen molar-refractivity contribution in [3.05, 3.63) is 35.9 Å². The zero-order chi connectivity index (χ0) is 18.3. The minimum absolute atomic E-state index is 0.223. The molecule has 0 aromatic heterocycles. The van der Waals surface area contributed by atoms with Crippen LogP contribution in [0.4, 0.5) is 0 Å². The molecule has 0 unspecified atom stereocenters. The Labute approximate surface area is 143 Å². The lowest BCUT2D eigenvalue weighted by Gasteiger charge is -2.30. The molecule has 0 saturated carbocycles. The average Bonchev–Trinajstić information content (AvgIpc) is 2.50. The molecule has 24 heavy (non-hydrogen) atoms. The monoisotopic (exact) mass is 333 g/mol. The van der Waals surface area contributed by atoms with Gasteiger partial charge in [0.1, 0.15) is 12.1 Å². The van der Waals surface area contributed by atoms with Crippen LogP contribution >= 0.6 is 0 Å². The summed E-state index contributed by atoms with van der Waals surface area (Å²) in [5, 5.41) is 2.67. The molecule has 1 aromatic carbocycles. The molecule has 0 aliphatic rings. The van der Waals surface area contributed by atoms with Gasteiger partial charge in [0.15, 0.2) is 0 Å². The first kappa shape index (κ1) is 19.7. The highest BCUT2D eigenvalue weighted by molar-refractivity contribution is 5.91. The number of amides is 3. The van der Waals surface area contributed by atoms with Crippen molar-refractivity contribution in [2.24, 2.45) is 11.7 Å². The van der Waals surface area contributed by atoms with Crippen molar-refractivity contribution in [1.82, 2.24) is 10.2 Å². The van der Waals surface area contributed by atoms with Gasteiger partial charge in [-0.2, -0.15) is 0 Å². The van der Waals surface area contributed by atoms with Gasteiger partial charge < -0.3 is 16.0 Å². The number of likely N-dealkylation sites (N-methyl/N-ethyl adjacent to an activating group) is 1. The number of primary amides is 1. The van der Waals surface area contributed by atoms with Gasteiger partial charge >= 0.3 is 0 Å². The molecule has 6 heteroatoms. The third-order valence-corrected chi connectivity index (χ3v) is 3.80. The minimum atomic E-state index is -0.761. The number of nitrogens with two attached hydrogens (primary N) is 1. The van der Waals surface area contributed by atoms with Crippen LogP contribution in [0.2, 0.25) is 0 Å². The Morgan fingerprint density at radius 3 is 2.21 bits per heavy atom. The topological polar surface area (TPSA) is 92.5 Å². The second-order valence-corrected chi connectivity index (χ2v) is 6.44. The Morgan fingerprint density at radius 1 is 1.17 bits per heavy atom. The SMILES string of the molecule is CC(=O)N[C@H](CC(C)C)C(=O)N(C)[C@H](Cc1ccccc1)C(N)=O. The van der Waals surface area contributed by atoms with Crippen molar-refractivity contribution in [2.75, 3.05) is 7.05 Å². The maximum absolute atomic E-state index is 12.8. The summed E-state index contributed by atoms with van der Waals surface area (Å²) in [6.07, 6.45) is 0.840. The molecule has 0 fully saturated rings. The summed E-state index contributed by atoms with van der Waals surface area (Å²) in [6.45, 7) is 5.31. The van der Waals surface area contributed by atoms with E-state index in [1.54, 1.807) is 7.05 Å². The number of carbonyl (C=O) groups is 3. The van der Waals surface area contributed by atoms with Gasteiger partial charge in [0, 0.05) is 20.4 Å². The van der Waals surface area contributed by atoms with Gasteiger partial charge in [-0.25, -0.2) is 0 Å². The summed E-state index contributed by atoms with van der Waals surface area (Å²) in [5.41, 5.74) is 6.42. The quantitative estimate of drug-likeness (QED) is 0.746. The van der Waals surface area contributed by atoms with Crippen LogP contribution in [0.15, 0.2) is 30.3 Å². The van der Waals surface area contributed by atoms with E-state index < -0.39 is 18.0 Å². The van der Waals surface area contributed by atoms with Gasteiger partial charge in [-0.15, -0.1) is 0 Å². The third-order valence-electron chi connectivity index (χ3n) is 3.80. The molecule has 0 radical (unpaired) electrons. The fourth-order valence-corrected chi connectivity index (χ4v) is 2.60. The molecule has 0 aliphatic heterocycles. The van der Waals surface area contributed by atoms with Crippen molar-refractivity contribution >= 4 is 17.7 Å². The Morgan fingerprint density at radius 2 is 1.75 bits per heavy atom. The first-order chi connectivity index (χ1) is 11.2. The number of benzene rings is 1. The molecule has 0 aliphatic carbocycles. The predicted octanol–water partition coefficient (Wildman–Crippen LogP) is 1.09. The van der Waals surface area contributed by atoms with Crippen LogP contribution in [0, 0.1) is 5.92 Å². The summed E-state index contributed by atoms with van der Waals surface area (Å²) in [4.78, 5) is 37.3. The van der Waals surface area contributed by atoms with Crippen LogP contribution in [0.3, 0.4) is 0 Å². The maximum Gasteiger partial charge on any atom is 0.245 e. The van der Waals surface area contributed by atoms with Gasteiger partial charge in [0.2, 0.25) is 17.7 Å². The number of hydrogen-bond acceptors (Lipinski definition) is 3. The standard InChI is InChI=1S/C18H27N3O3/c1-12(2)10-15(20-13(3)22)18(24)21(4)16(17(19)23)11-14-8-6-5-7-9-14/h5-9,12,15-16H,10-11H2,1-4H3,(H2,19,23)(H,20,22)/t15-,16-/m1/s1. The number of carbonyl (C=O) groups excluding carboxylic acids is 3. The van der Waals surface area contributed by atoms with Crippen molar-refractivity contribution in [1.29, 1.82) is 0 Å². The van der Waals surface area contributed by atoms with Gasteiger partial charge in [-0.1, -0.05) is 44.2 Å². The van der Waals surface area contributed by atoms with E-state index in [2.05, 4.69) is 5.32 Å². The second-order valence-electron chi connectivity index (χ2n) is 6.44. The lowest BCUT2D eigenvalue weighted by Crippen LogP contribution is -2.54. The Bertz CT molecular complexity index is 572. The largest absolute Gasteiger partial charge is 0.368 e. The molecular weight excluding hydrogens is 306 g/mol. The van der Waals surface area contributed by atoms with Crippen molar-refractivity contribution in [3.63, 3.8) is 0 Å². The van der Waals surface area contributed by atoms with Gasteiger partial charge in [0.25, 0.3) is 0 Å². The smallest absolute Gasteiger partial charge is 0.245 e. The summed E-state index contributed by atoms with van der Waals surface area (Å²) < 4.78 is 0. The highest BCUT2D eigenvalue weighted by Crippen LogP contribution is 2.12. The number of hydrogen-bond donors (Lipinski definition) is 2. The van der Waals surface area contributed by atoms with Crippen LogP contribution in [0.5, 0.6) is 0 Å². The molecular formula is C18H27N3O3. The van der Waals surface area contributed by atoms with E-state index in [4.69, 9.17) is 5.73 Å². The zero-order valence-corrected chi connectivity index (χ0v) is 14.8. The van der Waals surface area contributed by atoms with Gasteiger partial charge in [-0.3, -0.25) is 14.4 Å². The van der Waals surface area contributed by atoms with E-state index in [9.17, 15) is 14.4 Å².